The third kappa shape index (κ3) is 4.25. The zero-order valence-corrected chi connectivity index (χ0v) is 17.2. The molecule has 1 aliphatic rings. The minimum Gasteiger partial charge on any atom is -0.465 e. The molecule has 2 N–H and O–H groups in total. The van der Waals surface area contributed by atoms with Gasteiger partial charge < -0.3 is 15.4 Å². The molecule has 0 unspecified atom stereocenters. The van der Waals surface area contributed by atoms with Crippen LogP contribution in [-0.4, -0.2) is 39.3 Å². The predicted molar refractivity (Wildman–Crippen MR) is 114 cm³/mol. The Hall–Kier alpha value is -3.75. The van der Waals surface area contributed by atoms with Gasteiger partial charge in [-0.25, -0.2) is 9.59 Å². The molecule has 0 radical (unpaired) electrons. The molecule has 160 valence electrons. The van der Waals surface area contributed by atoms with E-state index < -0.39 is 11.5 Å². The van der Waals surface area contributed by atoms with E-state index in [1.807, 2.05) is 30.3 Å². The number of tetrazole rings is 1. The van der Waals surface area contributed by atoms with Gasteiger partial charge >= 0.3 is 12.0 Å². The van der Waals surface area contributed by atoms with Crippen molar-refractivity contribution in [3.63, 3.8) is 0 Å². The number of esters is 1. The monoisotopic (exact) mass is 420 g/mol. The number of carbonyl (C=O) groups excluding carboxylic acids is 2. The molecular formula is C22H24N6O3. The van der Waals surface area contributed by atoms with Crippen molar-refractivity contribution in [1.82, 2.24) is 25.5 Å². The highest BCUT2D eigenvalue weighted by atomic mass is 16.5. The fraction of sp³-hybridized carbons (Fsp3) is 0.318. The third-order valence-electron chi connectivity index (χ3n) is 5.53. The summed E-state index contributed by atoms with van der Waals surface area (Å²) >= 11 is 0. The topological polar surface area (TPSA) is 111 Å². The van der Waals surface area contributed by atoms with Crippen molar-refractivity contribution in [3.8, 4) is 5.69 Å². The first-order valence-electron chi connectivity index (χ1n) is 10.2. The minimum atomic E-state index is -0.760. The van der Waals surface area contributed by atoms with Crippen LogP contribution in [0.3, 0.4) is 0 Å². The number of urea groups is 1. The lowest BCUT2D eigenvalue weighted by molar-refractivity contribution is 0.0600. The number of nitrogens with zero attached hydrogens (tertiary/aromatic N) is 4. The Balaban J connectivity index is 1.70. The number of ether oxygens (including phenoxy) is 1. The number of hydrogen-bond donors (Lipinski definition) is 2. The minimum absolute atomic E-state index is 0.330. The summed E-state index contributed by atoms with van der Waals surface area (Å²) < 4.78 is 6.44. The molecule has 9 heteroatoms. The average molecular weight is 420 g/mol. The number of methoxy groups -OCH3 is 1. The van der Waals surface area contributed by atoms with E-state index in [1.165, 1.54) is 11.8 Å². The summed E-state index contributed by atoms with van der Waals surface area (Å²) in [6.07, 6.45) is 4.31. The van der Waals surface area contributed by atoms with E-state index in [9.17, 15) is 9.59 Å². The molecule has 0 aliphatic heterocycles. The Morgan fingerprint density at radius 2 is 1.71 bits per heavy atom. The lowest BCUT2D eigenvalue weighted by Gasteiger charge is -2.36. The number of aromatic nitrogens is 4. The van der Waals surface area contributed by atoms with Gasteiger partial charge in [0.1, 0.15) is 5.54 Å². The molecule has 1 fully saturated rings. The van der Waals surface area contributed by atoms with Crippen molar-refractivity contribution in [2.45, 2.75) is 37.6 Å². The molecule has 0 bridgehead atoms. The van der Waals surface area contributed by atoms with Crippen molar-refractivity contribution >= 4 is 17.7 Å². The molecule has 1 saturated carbocycles. The normalized spacial score (nSPS) is 15.1. The summed E-state index contributed by atoms with van der Waals surface area (Å²) in [5.74, 6) is 0.0105. The second kappa shape index (κ2) is 8.95. The van der Waals surface area contributed by atoms with Gasteiger partial charge in [0.05, 0.1) is 18.4 Å². The standard InChI is InChI=1S/C22H24N6O3/c1-31-19(29)17-12-6-7-13-18(17)28-20(25-26-27-28)22(14-8-3-9-15-22)24-21(30)23-16-10-4-2-5-11-16/h2,4-7,10-13H,3,8-9,14-15H2,1H3,(H2,23,24,30). The Kier molecular flexibility index (Phi) is 5.92. The quantitative estimate of drug-likeness (QED) is 0.612. The maximum atomic E-state index is 12.9. The Labute approximate surface area is 179 Å². The van der Waals surface area contributed by atoms with Gasteiger partial charge in [0.15, 0.2) is 5.82 Å². The molecule has 1 aliphatic carbocycles. The Morgan fingerprint density at radius 3 is 2.45 bits per heavy atom. The van der Waals surface area contributed by atoms with Gasteiger partial charge in [-0.2, -0.15) is 4.68 Å². The second-order valence-corrected chi connectivity index (χ2v) is 7.51. The van der Waals surface area contributed by atoms with E-state index in [1.54, 1.807) is 24.3 Å². The molecule has 4 rings (SSSR count). The number of anilines is 1. The number of amides is 2. The van der Waals surface area contributed by atoms with Crippen LogP contribution < -0.4 is 10.6 Å². The molecule has 2 amide bonds. The number of para-hydroxylation sites is 2. The molecule has 9 nitrogen and oxygen atoms in total. The van der Waals surface area contributed by atoms with E-state index in [0.717, 1.165) is 19.3 Å². The van der Waals surface area contributed by atoms with Crippen LogP contribution in [0, 0.1) is 0 Å². The number of rotatable bonds is 5. The summed E-state index contributed by atoms with van der Waals surface area (Å²) in [5.41, 5.74) is 0.786. The zero-order chi connectivity index (χ0) is 21.7. The molecule has 3 aromatic rings. The number of nitrogens with one attached hydrogen (secondary N) is 2. The fourth-order valence-electron chi connectivity index (χ4n) is 4.05. The summed E-state index contributed by atoms with van der Waals surface area (Å²) in [6.45, 7) is 0. The molecule has 2 aromatic carbocycles. The molecule has 0 atom stereocenters. The predicted octanol–water partition coefficient (Wildman–Crippen LogP) is 3.43. The van der Waals surface area contributed by atoms with Crippen molar-refractivity contribution in [2.24, 2.45) is 0 Å². The summed E-state index contributed by atoms with van der Waals surface area (Å²) in [7, 11) is 1.33. The van der Waals surface area contributed by atoms with Gasteiger partial charge in [-0.15, -0.1) is 5.10 Å². The van der Waals surface area contributed by atoms with Crippen molar-refractivity contribution < 1.29 is 14.3 Å². The maximum absolute atomic E-state index is 12.9. The Bertz CT molecular complexity index is 1060. The fourth-order valence-corrected chi connectivity index (χ4v) is 4.05. The smallest absolute Gasteiger partial charge is 0.340 e. The summed E-state index contributed by atoms with van der Waals surface area (Å²) in [4.78, 5) is 25.2. The Morgan fingerprint density at radius 1 is 1.00 bits per heavy atom. The van der Waals surface area contributed by atoms with Crippen molar-refractivity contribution in [1.29, 1.82) is 0 Å². The van der Waals surface area contributed by atoms with Crippen LogP contribution in [-0.2, 0) is 10.3 Å². The van der Waals surface area contributed by atoms with Gasteiger partial charge in [-0.05, 0) is 47.5 Å². The first-order valence-corrected chi connectivity index (χ1v) is 10.2. The third-order valence-corrected chi connectivity index (χ3v) is 5.53. The summed E-state index contributed by atoms with van der Waals surface area (Å²) in [5, 5.41) is 18.3. The molecule has 0 spiro atoms. The van der Waals surface area contributed by atoms with Crippen LogP contribution in [0.15, 0.2) is 54.6 Å². The van der Waals surface area contributed by atoms with E-state index in [4.69, 9.17) is 4.74 Å². The zero-order valence-electron chi connectivity index (χ0n) is 17.2. The molecule has 0 saturated heterocycles. The molecular weight excluding hydrogens is 396 g/mol. The van der Waals surface area contributed by atoms with E-state index in [-0.39, 0.29) is 6.03 Å². The molecule has 1 aromatic heterocycles. The second-order valence-electron chi connectivity index (χ2n) is 7.51. The van der Waals surface area contributed by atoms with Gasteiger partial charge in [0.2, 0.25) is 0 Å². The highest BCUT2D eigenvalue weighted by Crippen LogP contribution is 2.37. The van der Waals surface area contributed by atoms with Crippen molar-refractivity contribution in [3.05, 3.63) is 66.0 Å². The first-order chi connectivity index (χ1) is 15.1. The summed E-state index contributed by atoms with van der Waals surface area (Å²) in [6, 6.07) is 15.9. The lowest BCUT2D eigenvalue weighted by Crippen LogP contribution is -2.50. The number of hydrogen-bond acceptors (Lipinski definition) is 6. The lowest BCUT2D eigenvalue weighted by atomic mass is 9.81. The van der Waals surface area contributed by atoms with Crippen LogP contribution in [0.4, 0.5) is 10.5 Å². The highest BCUT2D eigenvalue weighted by molar-refractivity contribution is 5.93. The largest absolute Gasteiger partial charge is 0.465 e. The van der Waals surface area contributed by atoms with E-state index >= 15 is 0 Å². The van der Waals surface area contributed by atoms with Gasteiger partial charge in [-0.1, -0.05) is 49.6 Å². The van der Waals surface area contributed by atoms with Gasteiger partial charge in [0.25, 0.3) is 0 Å². The number of benzene rings is 2. The highest BCUT2D eigenvalue weighted by Gasteiger charge is 2.41. The van der Waals surface area contributed by atoms with Crippen LogP contribution in [0.1, 0.15) is 48.3 Å². The number of carbonyl (C=O) groups is 2. The van der Waals surface area contributed by atoms with Crippen LogP contribution in [0.25, 0.3) is 5.69 Å². The molecule has 1 heterocycles. The van der Waals surface area contributed by atoms with Gasteiger partial charge in [-0.3, -0.25) is 0 Å². The van der Waals surface area contributed by atoms with Crippen LogP contribution in [0.5, 0.6) is 0 Å². The maximum Gasteiger partial charge on any atom is 0.340 e. The van der Waals surface area contributed by atoms with E-state index in [0.29, 0.717) is 35.6 Å². The van der Waals surface area contributed by atoms with E-state index in [2.05, 4.69) is 26.2 Å². The first kappa shape index (κ1) is 20.5. The van der Waals surface area contributed by atoms with Crippen LogP contribution >= 0.6 is 0 Å². The van der Waals surface area contributed by atoms with Gasteiger partial charge in [0, 0.05) is 5.69 Å². The van der Waals surface area contributed by atoms with Crippen LogP contribution in [0.2, 0.25) is 0 Å². The SMILES string of the molecule is COC(=O)c1ccccc1-n1nnnc1C1(NC(=O)Nc2ccccc2)CCCCC1. The molecule has 31 heavy (non-hydrogen) atoms. The van der Waals surface area contributed by atoms with Crippen molar-refractivity contribution in [2.75, 3.05) is 12.4 Å². The average Bonchev–Trinajstić information content (AvgIpc) is 3.30.